The Morgan fingerprint density at radius 1 is 1.24 bits per heavy atom. The molecule has 8 nitrogen and oxygen atoms in total. The van der Waals surface area contributed by atoms with Crippen molar-refractivity contribution in [3.05, 3.63) is 47.0 Å². The minimum Gasteiger partial charge on any atom is -0.493 e. The minimum atomic E-state index is -0.385. The van der Waals surface area contributed by atoms with Crippen molar-refractivity contribution in [3.63, 3.8) is 0 Å². The van der Waals surface area contributed by atoms with E-state index in [-0.39, 0.29) is 5.91 Å². The number of rotatable bonds is 6. The van der Waals surface area contributed by atoms with Crippen LogP contribution in [0.4, 0.5) is 5.69 Å². The molecule has 8 heteroatoms. The van der Waals surface area contributed by atoms with Crippen LogP contribution in [0.3, 0.4) is 0 Å². The molecule has 3 heterocycles. The Bertz CT molecular complexity index is 1110. The van der Waals surface area contributed by atoms with E-state index in [1.165, 1.54) is 0 Å². The number of benzene rings is 1. The van der Waals surface area contributed by atoms with E-state index in [4.69, 9.17) is 9.73 Å². The van der Waals surface area contributed by atoms with Gasteiger partial charge in [0.2, 0.25) is 0 Å². The lowest BCUT2D eigenvalue weighted by molar-refractivity contribution is 0.0967. The maximum Gasteiger partial charge on any atom is 0.301 e. The van der Waals surface area contributed by atoms with Crippen molar-refractivity contribution in [2.24, 2.45) is 12.0 Å². The SMILES string of the molecule is CCCc1c2c(nn1C)C(=O)[N]C(c1cc(-c3nc(C)c[nH]3)ccc1OCC)=N2. The van der Waals surface area contributed by atoms with Crippen molar-refractivity contribution in [2.75, 3.05) is 6.61 Å². The van der Waals surface area contributed by atoms with Crippen molar-refractivity contribution in [3.8, 4) is 17.1 Å². The summed E-state index contributed by atoms with van der Waals surface area (Å²) in [4.78, 5) is 25.0. The summed E-state index contributed by atoms with van der Waals surface area (Å²) in [5, 5.41) is 8.54. The number of imidazole rings is 1. The summed E-state index contributed by atoms with van der Waals surface area (Å²) in [5.74, 6) is 1.31. The fourth-order valence-corrected chi connectivity index (χ4v) is 3.42. The first-order valence-electron chi connectivity index (χ1n) is 9.72. The van der Waals surface area contributed by atoms with Crippen LogP contribution in [0.2, 0.25) is 0 Å². The number of aromatic amines is 1. The number of carbonyl (C=O) groups is 1. The van der Waals surface area contributed by atoms with Gasteiger partial charge < -0.3 is 9.72 Å². The van der Waals surface area contributed by atoms with Gasteiger partial charge in [-0.3, -0.25) is 9.48 Å². The van der Waals surface area contributed by atoms with Crippen molar-refractivity contribution < 1.29 is 9.53 Å². The smallest absolute Gasteiger partial charge is 0.301 e. The summed E-state index contributed by atoms with van der Waals surface area (Å²) < 4.78 is 7.51. The molecule has 0 aliphatic carbocycles. The summed E-state index contributed by atoms with van der Waals surface area (Å²) in [6.07, 6.45) is 3.56. The van der Waals surface area contributed by atoms with Crippen LogP contribution in [-0.4, -0.2) is 38.1 Å². The zero-order valence-corrected chi connectivity index (χ0v) is 17.0. The first-order valence-corrected chi connectivity index (χ1v) is 9.72. The fourth-order valence-electron chi connectivity index (χ4n) is 3.42. The van der Waals surface area contributed by atoms with Crippen molar-refractivity contribution in [2.45, 2.75) is 33.6 Å². The third-order valence-electron chi connectivity index (χ3n) is 4.75. The highest BCUT2D eigenvalue weighted by Crippen LogP contribution is 2.32. The number of hydrogen-bond donors (Lipinski definition) is 1. The molecule has 0 unspecified atom stereocenters. The molecule has 0 fully saturated rings. The summed E-state index contributed by atoms with van der Waals surface area (Å²) in [6, 6.07) is 5.69. The average molecular weight is 391 g/mol. The molecule has 1 aliphatic heterocycles. The molecule has 29 heavy (non-hydrogen) atoms. The predicted octanol–water partition coefficient (Wildman–Crippen LogP) is 3.31. The monoisotopic (exact) mass is 391 g/mol. The number of carbonyl (C=O) groups excluding carboxylic acids is 1. The first-order chi connectivity index (χ1) is 14.0. The highest BCUT2D eigenvalue weighted by Gasteiger charge is 2.30. The second-order valence-corrected chi connectivity index (χ2v) is 6.90. The molecule has 149 valence electrons. The van der Waals surface area contributed by atoms with E-state index in [9.17, 15) is 4.79 Å². The molecule has 1 amide bonds. The number of nitrogens with zero attached hydrogens (tertiary/aromatic N) is 5. The van der Waals surface area contributed by atoms with Crippen LogP contribution >= 0.6 is 0 Å². The van der Waals surface area contributed by atoms with Crippen molar-refractivity contribution in [1.82, 2.24) is 25.1 Å². The van der Waals surface area contributed by atoms with Crippen LogP contribution in [0.1, 0.15) is 47.7 Å². The highest BCUT2D eigenvalue weighted by atomic mass is 16.5. The standard InChI is InChI=1S/C21H23N6O2/c1-5-7-15-17-18(26-27(15)4)21(28)25-20(24-17)14-10-13(8-9-16(14)29-6-2)19-22-11-12(3)23-19/h8-11H,5-7H2,1-4H3,(H,22,23). The van der Waals surface area contributed by atoms with Gasteiger partial charge in [-0.05, 0) is 38.5 Å². The van der Waals surface area contributed by atoms with Crippen molar-refractivity contribution in [1.29, 1.82) is 0 Å². The van der Waals surface area contributed by atoms with Gasteiger partial charge in [-0.2, -0.15) is 10.4 Å². The molecule has 0 atom stereocenters. The van der Waals surface area contributed by atoms with Gasteiger partial charge in [0, 0.05) is 18.8 Å². The van der Waals surface area contributed by atoms with Crippen LogP contribution in [0.5, 0.6) is 5.75 Å². The average Bonchev–Trinajstić information content (AvgIpc) is 3.27. The summed E-state index contributed by atoms with van der Waals surface area (Å²) in [7, 11) is 1.83. The third-order valence-corrected chi connectivity index (χ3v) is 4.75. The molecule has 1 N–H and O–H groups in total. The van der Waals surface area contributed by atoms with E-state index in [2.05, 4.69) is 27.3 Å². The summed E-state index contributed by atoms with van der Waals surface area (Å²) in [5.41, 5.74) is 4.26. The molecule has 0 saturated heterocycles. The van der Waals surface area contributed by atoms with E-state index in [0.717, 1.165) is 35.6 Å². The third kappa shape index (κ3) is 3.41. The number of fused-ring (bicyclic) bond motifs is 1. The van der Waals surface area contributed by atoms with Gasteiger partial charge in [0.15, 0.2) is 11.5 Å². The Balaban J connectivity index is 1.85. The number of nitrogens with one attached hydrogen (secondary N) is 1. The van der Waals surface area contributed by atoms with Gasteiger partial charge in [0.05, 0.1) is 23.6 Å². The van der Waals surface area contributed by atoms with Crippen LogP contribution in [0.25, 0.3) is 11.4 Å². The van der Waals surface area contributed by atoms with Gasteiger partial charge in [0.1, 0.15) is 17.3 Å². The molecular weight excluding hydrogens is 368 g/mol. The molecule has 1 aromatic carbocycles. The number of hydrogen-bond acceptors (Lipinski definition) is 5. The number of aryl methyl sites for hydroxylation is 2. The molecule has 0 saturated carbocycles. The Kier molecular flexibility index (Phi) is 4.92. The second kappa shape index (κ2) is 7.54. The lowest BCUT2D eigenvalue weighted by Gasteiger charge is -2.15. The van der Waals surface area contributed by atoms with Gasteiger partial charge in [-0.1, -0.05) is 13.3 Å². The first kappa shape index (κ1) is 18.9. The molecule has 3 aromatic rings. The Morgan fingerprint density at radius 3 is 2.76 bits per heavy atom. The highest BCUT2D eigenvalue weighted by molar-refractivity contribution is 6.18. The molecule has 1 aliphatic rings. The molecule has 1 radical (unpaired) electrons. The molecule has 2 aromatic heterocycles. The van der Waals surface area contributed by atoms with Crippen LogP contribution in [0.15, 0.2) is 29.4 Å². The number of aromatic nitrogens is 4. The maximum absolute atomic E-state index is 12.7. The fraction of sp³-hybridized carbons (Fsp3) is 0.333. The van der Waals surface area contributed by atoms with E-state index < -0.39 is 0 Å². The Hall–Kier alpha value is -3.42. The normalized spacial score (nSPS) is 13.1. The van der Waals surface area contributed by atoms with Gasteiger partial charge in [-0.15, -0.1) is 0 Å². The van der Waals surface area contributed by atoms with E-state index in [1.807, 2.05) is 45.3 Å². The largest absolute Gasteiger partial charge is 0.493 e. The topological polar surface area (TPSA) is 99.3 Å². The number of H-pyrrole nitrogens is 1. The predicted molar refractivity (Wildman–Crippen MR) is 110 cm³/mol. The zero-order valence-electron chi connectivity index (χ0n) is 17.0. The van der Waals surface area contributed by atoms with E-state index >= 15 is 0 Å². The lowest BCUT2D eigenvalue weighted by atomic mass is 10.1. The molecule has 0 spiro atoms. The maximum atomic E-state index is 12.7. The van der Waals surface area contributed by atoms with E-state index in [1.54, 1.807) is 4.68 Å². The summed E-state index contributed by atoms with van der Waals surface area (Å²) in [6.45, 7) is 6.42. The lowest BCUT2D eigenvalue weighted by Crippen LogP contribution is -2.28. The molecular formula is C21H23N6O2. The van der Waals surface area contributed by atoms with Crippen LogP contribution in [0, 0.1) is 6.92 Å². The number of ether oxygens (including phenoxy) is 1. The van der Waals surface area contributed by atoms with Gasteiger partial charge in [-0.25, -0.2) is 9.98 Å². The second-order valence-electron chi connectivity index (χ2n) is 6.90. The zero-order chi connectivity index (χ0) is 20.5. The van der Waals surface area contributed by atoms with Crippen LogP contribution < -0.4 is 10.1 Å². The number of amidine groups is 1. The minimum absolute atomic E-state index is 0.301. The Morgan fingerprint density at radius 2 is 2.07 bits per heavy atom. The quantitative estimate of drug-likeness (QED) is 0.697. The van der Waals surface area contributed by atoms with Crippen molar-refractivity contribution >= 4 is 17.4 Å². The number of amides is 1. The molecule has 4 rings (SSSR count). The number of aliphatic imine (C=N–C) groups is 1. The molecule has 0 bridgehead atoms. The van der Waals surface area contributed by atoms with Gasteiger partial charge in [0.25, 0.3) is 0 Å². The van der Waals surface area contributed by atoms with Crippen LogP contribution in [-0.2, 0) is 13.5 Å². The Labute approximate surface area is 169 Å². The van der Waals surface area contributed by atoms with Gasteiger partial charge >= 0.3 is 5.91 Å². The van der Waals surface area contributed by atoms with E-state index in [0.29, 0.717) is 35.1 Å². The summed E-state index contributed by atoms with van der Waals surface area (Å²) >= 11 is 0.